The molecule has 0 amide bonds. The summed E-state index contributed by atoms with van der Waals surface area (Å²) in [6.45, 7) is 9.52. The van der Waals surface area contributed by atoms with Gasteiger partial charge in [-0.05, 0) is 26.3 Å². The molecule has 1 saturated heterocycles. The monoisotopic (exact) mass is 328 g/mol. The second-order valence-corrected chi connectivity index (χ2v) is 6.39. The van der Waals surface area contributed by atoms with Crippen molar-refractivity contribution in [3.63, 3.8) is 0 Å². The number of hydrogen-bond acceptors (Lipinski definition) is 3. The van der Waals surface area contributed by atoms with Gasteiger partial charge >= 0.3 is 5.97 Å². The van der Waals surface area contributed by atoms with Gasteiger partial charge in [-0.15, -0.1) is 0 Å². The fourth-order valence-corrected chi connectivity index (χ4v) is 3.60. The number of aryl methyl sites for hydroxylation is 1. The van der Waals surface area contributed by atoms with Crippen LogP contribution >= 0.6 is 0 Å². The Bertz CT molecular complexity index is 758. The fourth-order valence-electron chi connectivity index (χ4n) is 3.60. The molecule has 1 aliphatic rings. The highest BCUT2D eigenvalue weighted by atomic mass is 16.5. The average Bonchev–Trinajstić information content (AvgIpc) is 2.79. The van der Waals surface area contributed by atoms with Crippen molar-refractivity contribution in [2.75, 3.05) is 31.2 Å². The molecule has 1 N–H and O–H groups in total. The molecule has 0 saturated carbocycles. The molecule has 1 fully saturated rings. The Labute approximate surface area is 142 Å². The van der Waals surface area contributed by atoms with Crippen LogP contribution < -0.4 is 4.90 Å². The SMILES string of the molecule is Cc1cccc(Cn2c(C)c(N3CCOCC3)c(C)c2C(=O)O)c1. The van der Waals surface area contributed by atoms with Crippen molar-refractivity contribution in [2.24, 2.45) is 0 Å². The van der Waals surface area contributed by atoms with E-state index >= 15 is 0 Å². The Morgan fingerprint density at radius 1 is 1.21 bits per heavy atom. The van der Waals surface area contributed by atoms with Gasteiger partial charge in [0.2, 0.25) is 0 Å². The molecule has 2 aromatic rings. The molecule has 5 heteroatoms. The lowest BCUT2D eigenvalue weighted by molar-refractivity contribution is 0.0684. The Morgan fingerprint density at radius 3 is 2.54 bits per heavy atom. The molecule has 0 aliphatic carbocycles. The molecule has 2 heterocycles. The lowest BCUT2D eigenvalue weighted by Gasteiger charge is -2.29. The number of anilines is 1. The van der Waals surface area contributed by atoms with Gasteiger partial charge in [0.15, 0.2) is 0 Å². The first-order chi connectivity index (χ1) is 11.5. The smallest absolute Gasteiger partial charge is 0.352 e. The van der Waals surface area contributed by atoms with Crippen molar-refractivity contribution in [1.82, 2.24) is 4.57 Å². The maximum absolute atomic E-state index is 11.9. The van der Waals surface area contributed by atoms with Gasteiger partial charge in [-0.1, -0.05) is 29.8 Å². The lowest BCUT2D eigenvalue weighted by Crippen LogP contribution is -2.36. The largest absolute Gasteiger partial charge is 0.477 e. The predicted molar refractivity (Wildman–Crippen MR) is 94.2 cm³/mol. The summed E-state index contributed by atoms with van der Waals surface area (Å²) >= 11 is 0. The molecule has 128 valence electrons. The lowest BCUT2D eigenvalue weighted by atomic mass is 10.1. The average molecular weight is 328 g/mol. The van der Waals surface area contributed by atoms with Crippen molar-refractivity contribution >= 4 is 11.7 Å². The van der Waals surface area contributed by atoms with Crippen LogP contribution in [0.25, 0.3) is 0 Å². The molecule has 5 nitrogen and oxygen atoms in total. The zero-order valence-corrected chi connectivity index (χ0v) is 14.5. The van der Waals surface area contributed by atoms with Crippen LogP contribution in [-0.2, 0) is 11.3 Å². The summed E-state index contributed by atoms with van der Waals surface area (Å²) < 4.78 is 7.36. The van der Waals surface area contributed by atoms with E-state index in [0.29, 0.717) is 25.5 Å². The van der Waals surface area contributed by atoms with Gasteiger partial charge in [-0.2, -0.15) is 0 Å². The van der Waals surface area contributed by atoms with Crippen molar-refractivity contribution < 1.29 is 14.6 Å². The molecular weight excluding hydrogens is 304 g/mol. The van der Waals surface area contributed by atoms with Crippen LogP contribution in [0.15, 0.2) is 24.3 Å². The van der Waals surface area contributed by atoms with Crippen molar-refractivity contribution in [3.8, 4) is 0 Å². The first-order valence-electron chi connectivity index (χ1n) is 8.30. The number of rotatable bonds is 4. The standard InChI is InChI=1S/C19H24N2O3/c1-13-5-4-6-16(11-13)12-21-15(3)17(14(2)18(21)19(22)23)20-7-9-24-10-8-20/h4-6,11H,7-10,12H2,1-3H3,(H,22,23). The van der Waals surface area contributed by atoms with Crippen LogP contribution in [0.5, 0.6) is 0 Å². The van der Waals surface area contributed by atoms with E-state index in [2.05, 4.69) is 24.0 Å². The molecule has 0 bridgehead atoms. The topological polar surface area (TPSA) is 54.7 Å². The zero-order chi connectivity index (χ0) is 17.3. The molecule has 1 aromatic carbocycles. The Balaban J connectivity index is 2.05. The third kappa shape index (κ3) is 3.04. The number of morpholine rings is 1. The molecule has 0 radical (unpaired) electrons. The van der Waals surface area contributed by atoms with Crippen LogP contribution in [0.4, 0.5) is 5.69 Å². The molecular formula is C19H24N2O3. The van der Waals surface area contributed by atoms with Crippen molar-refractivity contribution in [2.45, 2.75) is 27.3 Å². The highest BCUT2D eigenvalue weighted by molar-refractivity contribution is 5.91. The maximum Gasteiger partial charge on any atom is 0.352 e. The normalized spacial score (nSPS) is 14.9. The maximum atomic E-state index is 11.9. The van der Waals surface area contributed by atoms with Crippen LogP contribution in [0.1, 0.15) is 32.9 Å². The number of aromatic carboxylic acids is 1. The van der Waals surface area contributed by atoms with E-state index in [9.17, 15) is 9.90 Å². The second-order valence-electron chi connectivity index (χ2n) is 6.39. The van der Waals surface area contributed by atoms with E-state index in [1.165, 1.54) is 5.56 Å². The first-order valence-corrected chi connectivity index (χ1v) is 8.30. The van der Waals surface area contributed by atoms with Crippen LogP contribution in [0, 0.1) is 20.8 Å². The van der Waals surface area contributed by atoms with Crippen molar-refractivity contribution in [1.29, 1.82) is 0 Å². The van der Waals surface area contributed by atoms with E-state index in [-0.39, 0.29) is 0 Å². The summed E-state index contributed by atoms with van der Waals surface area (Å²) in [5.74, 6) is -0.872. The summed E-state index contributed by atoms with van der Waals surface area (Å²) in [6, 6.07) is 8.21. The number of aromatic nitrogens is 1. The number of carbonyl (C=O) groups is 1. The van der Waals surface area contributed by atoms with E-state index in [0.717, 1.165) is 35.6 Å². The number of hydrogen-bond donors (Lipinski definition) is 1. The highest BCUT2D eigenvalue weighted by Crippen LogP contribution is 2.32. The second kappa shape index (κ2) is 6.69. The third-order valence-corrected chi connectivity index (χ3v) is 4.68. The number of carboxylic acids is 1. The number of nitrogens with zero attached hydrogens (tertiary/aromatic N) is 2. The summed E-state index contributed by atoms with van der Waals surface area (Å²) in [4.78, 5) is 14.1. The summed E-state index contributed by atoms with van der Waals surface area (Å²) in [6.07, 6.45) is 0. The van der Waals surface area contributed by atoms with Crippen LogP contribution in [0.2, 0.25) is 0 Å². The van der Waals surface area contributed by atoms with Gasteiger partial charge in [0.05, 0.1) is 18.9 Å². The third-order valence-electron chi connectivity index (χ3n) is 4.68. The Hall–Kier alpha value is -2.27. The van der Waals surface area contributed by atoms with E-state index < -0.39 is 5.97 Å². The molecule has 0 unspecified atom stereocenters. The molecule has 0 atom stereocenters. The molecule has 24 heavy (non-hydrogen) atoms. The molecule has 1 aliphatic heterocycles. The quantitative estimate of drug-likeness (QED) is 0.937. The van der Waals surface area contributed by atoms with Gasteiger partial charge in [0, 0.05) is 30.9 Å². The zero-order valence-electron chi connectivity index (χ0n) is 14.5. The first kappa shape index (κ1) is 16.6. The molecule has 3 rings (SSSR count). The van der Waals surface area contributed by atoms with Gasteiger partial charge < -0.3 is 19.3 Å². The van der Waals surface area contributed by atoms with Gasteiger partial charge in [-0.25, -0.2) is 4.79 Å². The molecule has 1 aromatic heterocycles. The van der Waals surface area contributed by atoms with Crippen molar-refractivity contribution in [3.05, 3.63) is 52.3 Å². The van der Waals surface area contributed by atoms with Gasteiger partial charge in [0.1, 0.15) is 5.69 Å². The number of ether oxygens (including phenoxy) is 1. The number of carboxylic acid groups (broad SMARTS) is 1. The molecule has 0 spiro atoms. The fraction of sp³-hybridized carbons (Fsp3) is 0.421. The van der Waals surface area contributed by atoms with Crippen LogP contribution in [0.3, 0.4) is 0 Å². The van der Waals surface area contributed by atoms with Crippen LogP contribution in [-0.4, -0.2) is 41.9 Å². The van der Waals surface area contributed by atoms with E-state index in [1.807, 2.05) is 30.5 Å². The van der Waals surface area contributed by atoms with Gasteiger partial charge in [0.25, 0.3) is 0 Å². The number of benzene rings is 1. The summed E-state index contributed by atoms with van der Waals surface area (Å²) in [5, 5.41) is 9.75. The minimum Gasteiger partial charge on any atom is -0.477 e. The van der Waals surface area contributed by atoms with E-state index in [1.54, 1.807) is 0 Å². The summed E-state index contributed by atoms with van der Waals surface area (Å²) in [5.41, 5.74) is 5.57. The van der Waals surface area contributed by atoms with E-state index in [4.69, 9.17) is 4.74 Å². The minimum atomic E-state index is -0.872. The Kier molecular flexibility index (Phi) is 4.62. The van der Waals surface area contributed by atoms with Gasteiger partial charge in [-0.3, -0.25) is 0 Å². The predicted octanol–water partition coefficient (Wildman–Crippen LogP) is 3.00. The Morgan fingerprint density at radius 2 is 1.92 bits per heavy atom. The highest BCUT2D eigenvalue weighted by Gasteiger charge is 2.26. The minimum absolute atomic E-state index is 0.385. The summed E-state index contributed by atoms with van der Waals surface area (Å²) in [7, 11) is 0.